The number of nitrogens with zero attached hydrogens (tertiary/aromatic N) is 1. The SMILES string of the molecule is CC(NC(=O)C1CC(=O)N(c2ccc3c(c2)OCO3)C1)c1cc2ccccc2o1. The van der Waals surface area contributed by atoms with Gasteiger partial charge in [0.05, 0.1) is 12.0 Å². The maximum atomic E-state index is 12.8. The number of ether oxygens (including phenoxy) is 2. The van der Waals surface area contributed by atoms with E-state index in [1.54, 1.807) is 17.0 Å². The molecule has 1 aromatic heterocycles. The predicted molar refractivity (Wildman–Crippen MR) is 106 cm³/mol. The van der Waals surface area contributed by atoms with Gasteiger partial charge in [-0.15, -0.1) is 0 Å². The van der Waals surface area contributed by atoms with Crippen LogP contribution in [0.1, 0.15) is 25.1 Å². The van der Waals surface area contributed by atoms with Gasteiger partial charge < -0.3 is 24.1 Å². The Morgan fingerprint density at radius 2 is 1.97 bits per heavy atom. The van der Waals surface area contributed by atoms with E-state index >= 15 is 0 Å². The van der Waals surface area contributed by atoms with Crippen molar-refractivity contribution in [2.24, 2.45) is 5.92 Å². The van der Waals surface area contributed by atoms with Gasteiger partial charge in [0.25, 0.3) is 0 Å². The van der Waals surface area contributed by atoms with Gasteiger partial charge in [-0.1, -0.05) is 18.2 Å². The van der Waals surface area contributed by atoms with Gasteiger partial charge in [0.2, 0.25) is 18.6 Å². The molecule has 29 heavy (non-hydrogen) atoms. The van der Waals surface area contributed by atoms with Crippen LogP contribution < -0.4 is 19.7 Å². The van der Waals surface area contributed by atoms with E-state index in [1.807, 2.05) is 43.3 Å². The third-order valence-corrected chi connectivity index (χ3v) is 5.39. The first-order valence-electron chi connectivity index (χ1n) is 9.57. The van der Waals surface area contributed by atoms with Crippen molar-refractivity contribution >= 4 is 28.5 Å². The summed E-state index contributed by atoms with van der Waals surface area (Å²) in [4.78, 5) is 26.9. The quantitative estimate of drug-likeness (QED) is 0.736. The molecule has 2 aliphatic heterocycles. The smallest absolute Gasteiger partial charge is 0.231 e. The van der Waals surface area contributed by atoms with E-state index in [2.05, 4.69) is 5.32 Å². The van der Waals surface area contributed by atoms with Gasteiger partial charge in [0.15, 0.2) is 11.5 Å². The summed E-state index contributed by atoms with van der Waals surface area (Å²) >= 11 is 0. The molecule has 0 radical (unpaired) electrons. The zero-order chi connectivity index (χ0) is 20.0. The Bertz CT molecular complexity index is 1070. The van der Waals surface area contributed by atoms with E-state index in [4.69, 9.17) is 13.9 Å². The van der Waals surface area contributed by atoms with Gasteiger partial charge in [-0.2, -0.15) is 0 Å². The van der Waals surface area contributed by atoms with Crippen LogP contribution in [-0.2, 0) is 9.59 Å². The van der Waals surface area contributed by atoms with Crippen molar-refractivity contribution in [2.75, 3.05) is 18.2 Å². The molecule has 0 aliphatic carbocycles. The topological polar surface area (TPSA) is 81.0 Å². The van der Waals surface area contributed by atoms with Crippen LogP contribution in [0.3, 0.4) is 0 Å². The number of anilines is 1. The van der Waals surface area contributed by atoms with Crippen LogP contribution in [0.2, 0.25) is 0 Å². The van der Waals surface area contributed by atoms with Crippen LogP contribution in [0.15, 0.2) is 52.9 Å². The molecule has 1 saturated heterocycles. The van der Waals surface area contributed by atoms with Crippen LogP contribution >= 0.6 is 0 Å². The fourth-order valence-corrected chi connectivity index (χ4v) is 3.80. The molecule has 0 saturated carbocycles. The highest BCUT2D eigenvalue weighted by Crippen LogP contribution is 2.37. The highest BCUT2D eigenvalue weighted by molar-refractivity contribution is 6.00. The van der Waals surface area contributed by atoms with Gasteiger partial charge in [-0.05, 0) is 31.2 Å². The molecule has 2 aliphatic rings. The number of hydrogen-bond donors (Lipinski definition) is 1. The van der Waals surface area contributed by atoms with E-state index < -0.39 is 5.92 Å². The molecule has 2 aromatic carbocycles. The maximum Gasteiger partial charge on any atom is 0.231 e. The van der Waals surface area contributed by atoms with Crippen LogP contribution in [0.5, 0.6) is 11.5 Å². The summed E-state index contributed by atoms with van der Waals surface area (Å²) in [6.07, 6.45) is 0.174. The molecule has 3 aromatic rings. The van der Waals surface area contributed by atoms with E-state index in [0.29, 0.717) is 29.5 Å². The molecule has 148 valence electrons. The largest absolute Gasteiger partial charge is 0.459 e. The van der Waals surface area contributed by atoms with Crippen molar-refractivity contribution in [3.05, 3.63) is 54.3 Å². The summed E-state index contributed by atoms with van der Waals surface area (Å²) < 4.78 is 16.5. The van der Waals surface area contributed by atoms with E-state index in [9.17, 15) is 9.59 Å². The number of carbonyl (C=O) groups excluding carboxylic acids is 2. The van der Waals surface area contributed by atoms with E-state index in [0.717, 1.165) is 11.0 Å². The minimum atomic E-state index is -0.417. The summed E-state index contributed by atoms with van der Waals surface area (Å²) in [5.74, 6) is 1.31. The normalized spacial score (nSPS) is 19.0. The van der Waals surface area contributed by atoms with E-state index in [-0.39, 0.29) is 31.1 Å². The highest BCUT2D eigenvalue weighted by Gasteiger charge is 2.36. The molecule has 2 unspecified atom stereocenters. The Morgan fingerprint density at radius 1 is 1.14 bits per heavy atom. The number of fused-ring (bicyclic) bond motifs is 2. The van der Waals surface area contributed by atoms with Crippen LogP contribution in [0.4, 0.5) is 5.69 Å². The second-order valence-electron chi connectivity index (χ2n) is 7.36. The number of furan rings is 1. The number of rotatable bonds is 4. The molecule has 5 rings (SSSR count). The van der Waals surface area contributed by atoms with Crippen LogP contribution in [-0.4, -0.2) is 25.2 Å². The summed E-state index contributed by atoms with van der Waals surface area (Å²) in [5, 5.41) is 3.97. The Labute approximate surface area is 167 Å². The second kappa shape index (κ2) is 6.84. The minimum absolute atomic E-state index is 0.0830. The molecule has 3 heterocycles. The van der Waals surface area contributed by atoms with E-state index in [1.165, 1.54) is 0 Å². The average molecular weight is 392 g/mol. The van der Waals surface area contributed by atoms with Crippen molar-refractivity contribution in [1.82, 2.24) is 5.32 Å². The zero-order valence-electron chi connectivity index (χ0n) is 15.9. The number of nitrogens with one attached hydrogen (secondary N) is 1. The molecule has 0 spiro atoms. The molecule has 2 amide bonds. The third-order valence-electron chi connectivity index (χ3n) is 5.39. The lowest BCUT2D eigenvalue weighted by molar-refractivity contribution is -0.127. The Kier molecular flexibility index (Phi) is 4.16. The zero-order valence-corrected chi connectivity index (χ0v) is 15.9. The summed E-state index contributed by atoms with van der Waals surface area (Å²) in [5.41, 5.74) is 1.49. The first-order valence-corrected chi connectivity index (χ1v) is 9.57. The van der Waals surface area contributed by atoms with Crippen molar-refractivity contribution in [3.8, 4) is 11.5 Å². The van der Waals surface area contributed by atoms with Crippen molar-refractivity contribution in [2.45, 2.75) is 19.4 Å². The number of benzene rings is 2. The van der Waals surface area contributed by atoms with Crippen LogP contribution in [0, 0.1) is 5.92 Å². The van der Waals surface area contributed by atoms with Gasteiger partial charge in [-0.3, -0.25) is 9.59 Å². The predicted octanol–water partition coefficient (Wildman–Crippen LogP) is 3.39. The van der Waals surface area contributed by atoms with Gasteiger partial charge in [0.1, 0.15) is 11.3 Å². The summed E-state index contributed by atoms with van der Waals surface area (Å²) in [6, 6.07) is 14.7. The van der Waals surface area contributed by atoms with Crippen molar-refractivity contribution < 1.29 is 23.5 Å². The monoisotopic (exact) mass is 392 g/mol. The third kappa shape index (κ3) is 3.18. The highest BCUT2D eigenvalue weighted by atomic mass is 16.7. The first-order chi connectivity index (χ1) is 14.1. The average Bonchev–Trinajstić information content (AvgIpc) is 3.44. The number of hydrogen-bond acceptors (Lipinski definition) is 5. The first kappa shape index (κ1) is 17.6. The number of amides is 2. The number of carbonyl (C=O) groups is 2. The second-order valence-corrected chi connectivity index (χ2v) is 7.36. The summed E-state index contributed by atoms with van der Waals surface area (Å²) in [7, 11) is 0. The molecular weight excluding hydrogens is 372 g/mol. The van der Waals surface area contributed by atoms with Gasteiger partial charge in [-0.25, -0.2) is 0 Å². The molecule has 0 bridgehead atoms. The minimum Gasteiger partial charge on any atom is -0.459 e. The summed E-state index contributed by atoms with van der Waals surface area (Å²) in [6.45, 7) is 2.39. The molecule has 1 fully saturated rings. The van der Waals surface area contributed by atoms with Gasteiger partial charge in [0, 0.05) is 30.1 Å². The molecule has 2 atom stereocenters. The maximum absolute atomic E-state index is 12.8. The van der Waals surface area contributed by atoms with Crippen molar-refractivity contribution in [1.29, 1.82) is 0 Å². The Balaban J connectivity index is 1.27. The Morgan fingerprint density at radius 3 is 2.83 bits per heavy atom. The van der Waals surface area contributed by atoms with Crippen molar-refractivity contribution in [3.63, 3.8) is 0 Å². The lowest BCUT2D eigenvalue weighted by Gasteiger charge is -2.18. The lowest BCUT2D eigenvalue weighted by atomic mass is 10.1. The standard InChI is InChI=1S/C22H20N2O5/c1-13(19-8-14-4-2-3-5-17(14)29-19)23-22(26)15-9-21(25)24(11-15)16-6-7-18-20(10-16)28-12-27-18/h2-8,10,13,15H,9,11-12H2,1H3,(H,23,26). The fourth-order valence-electron chi connectivity index (χ4n) is 3.80. The molecular formula is C22H20N2O5. The molecule has 7 nitrogen and oxygen atoms in total. The lowest BCUT2D eigenvalue weighted by Crippen LogP contribution is -2.34. The number of para-hydroxylation sites is 1. The molecule has 7 heteroatoms. The van der Waals surface area contributed by atoms with Crippen LogP contribution in [0.25, 0.3) is 11.0 Å². The van der Waals surface area contributed by atoms with Gasteiger partial charge >= 0.3 is 0 Å². The molecule has 1 N–H and O–H groups in total. The fraction of sp³-hybridized carbons (Fsp3) is 0.273. The Hall–Kier alpha value is -3.48.